The zero-order chi connectivity index (χ0) is 17.4. The van der Waals surface area contributed by atoms with Gasteiger partial charge in [-0.1, -0.05) is 18.2 Å². The third kappa shape index (κ3) is 3.21. The molecule has 0 spiro atoms. The number of fused-ring (bicyclic) bond motifs is 1. The summed E-state index contributed by atoms with van der Waals surface area (Å²) in [5.41, 5.74) is 2.36. The van der Waals surface area contributed by atoms with Crippen LogP contribution >= 0.6 is 0 Å². The lowest BCUT2D eigenvalue weighted by Gasteiger charge is -2.39. The van der Waals surface area contributed by atoms with Crippen molar-refractivity contribution in [1.82, 2.24) is 4.90 Å². The fourth-order valence-corrected chi connectivity index (χ4v) is 4.52. The van der Waals surface area contributed by atoms with E-state index in [2.05, 4.69) is 36.9 Å². The van der Waals surface area contributed by atoms with E-state index in [0.717, 1.165) is 38.0 Å². The van der Waals surface area contributed by atoms with Crippen LogP contribution in [0.4, 0.5) is 5.69 Å². The van der Waals surface area contributed by atoms with Crippen molar-refractivity contribution in [2.75, 3.05) is 31.2 Å². The van der Waals surface area contributed by atoms with Gasteiger partial charge in [-0.05, 0) is 51.3 Å². The highest BCUT2D eigenvalue weighted by Gasteiger charge is 2.38. The number of anilines is 1. The molecule has 2 saturated heterocycles. The first-order valence-corrected chi connectivity index (χ1v) is 9.53. The number of carbonyl (C=O) groups excluding carboxylic acids is 1. The zero-order valence-electron chi connectivity index (χ0n) is 15.2. The van der Waals surface area contributed by atoms with E-state index in [0.29, 0.717) is 19.1 Å². The third-order valence-corrected chi connectivity index (χ3v) is 5.87. The number of amides is 1. The molecule has 3 unspecified atom stereocenters. The molecule has 4 rings (SSSR count). The van der Waals surface area contributed by atoms with E-state index >= 15 is 0 Å². The van der Waals surface area contributed by atoms with E-state index in [-0.39, 0.29) is 24.3 Å². The number of likely N-dealkylation sites (tertiary alicyclic amines) is 1. The Kier molecular flexibility index (Phi) is 4.80. The lowest BCUT2D eigenvalue weighted by molar-refractivity contribution is -0.128. The van der Waals surface area contributed by atoms with Crippen LogP contribution in [0.25, 0.3) is 0 Å². The molecule has 2 fully saturated rings. The molecule has 1 aromatic carbocycles. The minimum absolute atomic E-state index is 0.0865. The molecule has 1 aromatic rings. The average Bonchev–Trinajstić information content (AvgIpc) is 3.27. The molecule has 1 amide bonds. The van der Waals surface area contributed by atoms with Crippen LogP contribution < -0.4 is 4.90 Å². The highest BCUT2D eigenvalue weighted by molar-refractivity contribution is 5.99. The van der Waals surface area contributed by atoms with Crippen LogP contribution in [-0.4, -0.2) is 55.5 Å². The standard InChI is InChI=1S/C20H28N2O3/c1-14-12-16-6-3-4-8-18(16)22(14)19(23)15(2)21-9-5-7-17(13-21)20-24-10-11-25-20/h3-4,6,8,14-15,17,20H,5,7,9-13H2,1-2H3. The quantitative estimate of drug-likeness (QED) is 0.845. The average molecular weight is 344 g/mol. The van der Waals surface area contributed by atoms with E-state index < -0.39 is 0 Å². The van der Waals surface area contributed by atoms with Gasteiger partial charge < -0.3 is 14.4 Å². The number of hydrogen-bond acceptors (Lipinski definition) is 4. The highest BCUT2D eigenvalue weighted by atomic mass is 16.7. The Morgan fingerprint density at radius 3 is 2.80 bits per heavy atom. The van der Waals surface area contributed by atoms with E-state index in [9.17, 15) is 4.79 Å². The Bertz CT molecular complexity index is 629. The normalized spacial score (nSPS) is 29.0. The molecule has 3 heterocycles. The molecular weight excluding hydrogens is 316 g/mol. The van der Waals surface area contributed by atoms with Crippen molar-refractivity contribution < 1.29 is 14.3 Å². The summed E-state index contributed by atoms with van der Waals surface area (Å²) in [6.07, 6.45) is 3.07. The Hall–Kier alpha value is -1.43. The second-order valence-electron chi connectivity index (χ2n) is 7.57. The van der Waals surface area contributed by atoms with Crippen molar-refractivity contribution in [3.05, 3.63) is 29.8 Å². The lowest BCUT2D eigenvalue weighted by atomic mass is 9.96. The summed E-state index contributed by atoms with van der Waals surface area (Å²) in [5, 5.41) is 0. The molecule has 0 N–H and O–H groups in total. The van der Waals surface area contributed by atoms with Crippen molar-refractivity contribution in [1.29, 1.82) is 0 Å². The molecule has 3 atom stereocenters. The largest absolute Gasteiger partial charge is 0.350 e. The van der Waals surface area contributed by atoms with E-state index in [1.54, 1.807) is 0 Å². The second-order valence-corrected chi connectivity index (χ2v) is 7.57. The molecule has 136 valence electrons. The van der Waals surface area contributed by atoms with Crippen LogP contribution in [0.3, 0.4) is 0 Å². The summed E-state index contributed by atoms with van der Waals surface area (Å²) in [7, 11) is 0. The first kappa shape index (κ1) is 17.0. The molecular formula is C20H28N2O3. The van der Waals surface area contributed by atoms with Crippen molar-refractivity contribution in [2.45, 2.75) is 51.5 Å². The monoisotopic (exact) mass is 344 g/mol. The molecule has 0 bridgehead atoms. The van der Waals surface area contributed by atoms with Crippen molar-refractivity contribution in [2.24, 2.45) is 5.92 Å². The van der Waals surface area contributed by atoms with Gasteiger partial charge >= 0.3 is 0 Å². The smallest absolute Gasteiger partial charge is 0.244 e. The summed E-state index contributed by atoms with van der Waals surface area (Å²) in [6, 6.07) is 8.40. The molecule has 5 heteroatoms. The van der Waals surface area contributed by atoms with E-state index in [1.165, 1.54) is 5.56 Å². The van der Waals surface area contributed by atoms with Crippen LogP contribution in [0.5, 0.6) is 0 Å². The zero-order valence-corrected chi connectivity index (χ0v) is 15.2. The number of para-hydroxylation sites is 1. The van der Waals surface area contributed by atoms with Gasteiger partial charge in [0.1, 0.15) is 0 Å². The number of piperidine rings is 1. The van der Waals surface area contributed by atoms with Gasteiger partial charge in [-0.15, -0.1) is 0 Å². The topological polar surface area (TPSA) is 42.0 Å². The van der Waals surface area contributed by atoms with Gasteiger partial charge in [-0.25, -0.2) is 0 Å². The minimum Gasteiger partial charge on any atom is -0.350 e. The molecule has 0 radical (unpaired) electrons. The third-order valence-electron chi connectivity index (χ3n) is 5.87. The maximum Gasteiger partial charge on any atom is 0.244 e. The Morgan fingerprint density at radius 2 is 2.00 bits per heavy atom. The highest BCUT2D eigenvalue weighted by Crippen LogP contribution is 2.33. The lowest BCUT2D eigenvalue weighted by Crippen LogP contribution is -2.53. The van der Waals surface area contributed by atoms with Crippen LogP contribution in [0, 0.1) is 5.92 Å². The van der Waals surface area contributed by atoms with Crippen molar-refractivity contribution in [3.8, 4) is 0 Å². The Balaban J connectivity index is 1.46. The number of rotatable bonds is 3. The first-order valence-electron chi connectivity index (χ1n) is 9.53. The summed E-state index contributed by atoms with van der Waals surface area (Å²) in [5.74, 6) is 0.584. The fourth-order valence-electron chi connectivity index (χ4n) is 4.52. The number of hydrogen-bond donors (Lipinski definition) is 0. The minimum atomic E-state index is -0.113. The van der Waals surface area contributed by atoms with Crippen LogP contribution in [0.1, 0.15) is 32.3 Å². The number of carbonyl (C=O) groups is 1. The molecule has 0 saturated carbocycles. The predicted molar refractivity (Wildman–Crippen MR) is 96.5 cm³/mol. The van der Waals surface area contributed by atoms with Crippen LogP contribution in [0.2, 0.25) is 0 Å². The second kappa shape index (κ2) is 7.06. The van der Waals surface area contributed by atoms with Crippen LogP contribution in [-0.2, 0) is 20.7 Å². The van der Waals surface area contributed by atoms with Gasteiger partial charge in [0, 0.05) is 24.2 Å². The molecule has 3 aliphatic heterocycles. The molecule has 0 aliphatic carbocycles. The van der Waals surface area contributed by atoms with Crippen LogP contribution in [0.15, 0.2) is 24.3 Å². The Labute approximate surface area is 149 Å². The first-order chi connectivity index (χ1) is 12.1. The van der Waals surface area contributed by atoms with Gasteiger partial charge in [0.25, 0.3) is 0 Å². The SMILES string of the molecule is CC(C(=O)N1c2ccccc2CC1C)N1CCCC(C2OCCO2)C1. The van der Waals surface area contributed by atoms with Crippen molar-refractivity contribution in [3.63, 3.8) is 0 Å². The summed E-state index contributed by atoms with van der Waals surface area (Å²) in [6.45, 7) is 7.43. The fraction of sp³-hybridized carbons (Fsp3) is 0.650. The molecule has 0 aromatic heterocycles. The van der Waals surface area contributed by atoms with Gasteiger partial charge in [0.15, 0.2) is 6.29 Å². The number of nitrogens with zero attached hydrogens (tertiary/aromatic N) is 2. The van der Waals surface area contributed by atoms with Gasteiger partial charge in [-0.2, -0.15) is 0 Å². The maximum absolute atomic E-state index is 13.3. The van der Waals surface area contributed by atoms with E-state index in [1.807, 2.05) is 11.0 Å². The van der Waals surface area contributed by atoms with Gasteiger partial charge in [0.05, 0.1) is 19.3 Å². The molecule has 3 aliphatic rings. The number of ether oxygens (including phenoxy) is 2. The molecule has 25 heavy (non-hydrogen) atoms. The number of benzene rings is 1. The summed E-state index contributed by atoms with van der Waals surface area (Å²) in [4.78, 5) is 17.6. The van der Waals surface area contributed by atoms with E-state index in [4.69, 9.17) is 9.47 Å². The van der Waals surface area contributed by atoms with Crippen molar-refractivity contribution >= 4 is 11.6 Å². The summed E-state index contributed by atoms with van der Waals surface area (Å²) >= 11 is 0. The predicted octanol–water partition coefficient (Wildman–Crippen LogP) is 2.44. The van der Waals surface area contributed by atoms with Gasteiger partial charge in [-0.3, -0.25) is 9.69 Å². The maximum atomic E-state index is 13.3. The summed E-state index contributed by atoms with van der Waals surface area (Å²) < 4.78 is 11.4. The molecule has 5 nitrogen and oxygen atoms in total. The Morgan fingerprint density at radius 1 is 1.24 bits per heavy atom. The van der Waals surface area contributed by atoms with Gasteiger partial charge in [0.2, 0.25) is 5.91 Å².